The first-order valence-electron chi connectivity index (χ1n) is 8.01. The lowest BCUT2D eigenvalue weighted by molar-refractivity contribution is -0.0823. The van der Waals surface area contributed by atoms with Gasteiger partial charge < -0.3 is 0 Å². The van der Waals surface area contributed by atoms with Gasteiger partial charge in [-0.15, -0.1) is 0 Å². The predicted octanol–water partition coefficient (Wildman–Crippen LogP) is 2.98. The van der Waals surface area contributed by atoms with Crippen LogP contribution in [0.4, 0.5) is 0 Å². The van der Waals surface area contributed by atoms with Crippen molar-refractivity contribution in [1.82, 2.24) is 9.80 Å². The van der Waals surface area contributed by atoms with Crippen molar-refractivity contribution in [1.29, 1.82) is 0 Å². The molecule has 0 N–H and O–H groups in total. The van der Waals surface area contributed by atoms with E-state index in [1.54, 1.807) is 0 Å². The van der Waals surface area contributed by atoms with E-state index in [0.717, 1.165) is 11.8 Å². The molecule has 0 aromatic rings. The predicted molar refractivity (Wildman–Crippen MR) is 76.8 cm³/mol. The summed E-state index contributed by atoms with van der Waals surface area (Å²) in [5, 5.41) is 0. The number of fused-ring (bicyclic) bond motifs is 2. The van der Waals surface area contributed by atoms with Crippen molar-refractivity contribution in [2.45, 2.75) is 64.5 Å². The van der Waals surface area contributed by atoms with Gasteiger partial charge in [0.1, 0.15) is 0 Å². The SMILES string of the molecule is CC(C)[C@@]12CCCN1C[C@]1(C(C)C)CCCN1C2. The van der Waals surface area contributed by atoms with Crippen LogP contribution in [0, 0.1) is 11.8 Å². The Bertz CT molecular complexity index is 293. The van der Waals surface area contributed by atoms with Gasteiger partial charge in [0.05, 0.1) is 0 Å². The summed E-state index contributed by atoms with van der Waals surface area (Å²) < 4.78 is 0. The lowest BCUT2D eigenvalue weighted by atomic mass is 9.75. The Morgan fingerprint density at radius 3 is 1.44 bits per heavy atom. The molecule has 0 radical (unpaired) electrons. The van der Waals surface area contributed by atoms with Crippen molar-refractivity contribution < 1.29 is 0 Å². The number of hydrogen-bond acceptors (Lipinski definition) is 2. The van der Waals surface area contributed by atoms with Gasteiger partial charge in [0.25, 0.3) is 0 Å². The van der Waals surface area contributed by atoms with E-state index < -0.39 is 0 Å². The summed E-state index contributed by atoms with van der Waals surface area (Å²) >= 11 is 0. The smallest absolute Gasteiger partial charge is 0.0360 e. The molecule has 2 nitrogen and oxygen atoms in total. The monoisotopic (exact) mass is 250 g/mol. The highest BCUT2D eigenvalue weighted by molar-refractivity contribution is 5.13. The van der Waals surface area contributed by atoms with Crippen molar-refractivity contribution >= 4 is 0 Å². The fraction of sp³-hybridized carbons (Fsp3) is 1.00. The summed E-state index contributed by atoms with van der Waals surface area (Å²) in [4.78, 5) is 5.75. The Morgan fingerprint density at radius 1 is 0.722 bits per heavy atom. The summed E-state index contributed by atoms with van der Waals surface area (Å²) in [5.74, 6) is 1.59. The molecule has 0 unspecified atom stereocenters. The minimum Gasteiger partial charge on any atom is -0.294 e. The zero-order chi connectivity index (χ0) is 13.0. The summed E-state index contributed by atoms with van der Waals surface area (Å²) in [7, 11) is 0. The van der Waals surface area contributed by atoms with Crippen molar-refractivity contribution in [3.63, 3.8) is 0 Å². The molecule has 0 amide bonds. The van der Waals surface area contributed by atoms with Gasteiger partial charge in [-0.25, -0.2) is 0 Å². The second-order valence-corrected chi connectivity index (χ2v) is 7.57. The Labute approximate surface area is 113 Å². The third-order valence-electron chi connectivity index (χ3n) is 6.41. The van der Waals surface area contributed by atoms with E-state index in [1.165, 1.54) is 51.9 Å². The molecule has 3 aliphatic rings. The summed E-state index contributed by atoms with van der Waals surface area (Å²) in [6.07, 6.45) is 5.69. The zero-order valence-electron chi connectivity index (χ0n) is 12.7. The summed E-state index contributed by atoms with van der Waals surface area (Å²) in [6.45, 7) is 15.1. The van der Waals surface area contributed by atoms with Crippen LogP contribution < -0.4 is 0 Å². The number of rotatable bonds is 2. The van der Waals surface area contributed by atoms with Crippen LogP contribution in [0.3, 0.4) is 0 Å². The lowest BCUT2D eigenvalue weighted by Crippen LogP contribution is -2.70. The Hall–Kier alpha value is -0.0800. The zero-order valence-corrected chi connectivity index (χ0v) is 12.7. The third kappa shape index (κ3) is 1.54. The molecule has 0 bridgehead atoms. The molecule has 3 saturated heterocycles. The topological polar surface area (TPSA) is 6.48 Å². The van der Waals surface area contributed by atoms with Crippen LogP contribution >= 0.6 is 0 Å². The van der Waals surface area contributed by atoms with E-state index in [9.17, 15) is 0 Å². The van der Waals surface area contributed by atoms with Gasteiger partial charge in [-0.05, 0) is 50.6 Å². The van der Waals surface area contributed by atoms with Crippen LogP contribution in [0.2, 0.25) is 0 Å². The molecule has 2 atom stereocenters. The molecule has 3 aliphatic heterocycles. The molecular formula is C16H30N2. The van der Waals surface area contributed by atoms with Gasteiger partial charge in [0.15, 0.2) is 0 Å². The van der Waals surface area contributed by atoms with Gasteiger partial charge in [0.2, 0.25) is 0 Å². The number of piperazine rings is 1. The van der Waals surface area contributed by atoms with Gasteiger partial charge in [-0.3, -0.25) is 9.80 Å². The number of nitrogens with zero attached hydrogens (tertiary/aromatic N) is 2. The van der Waals surface area contributed by atoms with Crippen LogP contribution in [0.1, 0.15) is 53.4 Å². The highest BCUT2D eigenvalue weighted by Gasteiger charge is 2.57. The minimum atomic E-state index is 0.503. The summed E-state index contributed by atoms with van der Waals surface area (Å²) in [6, 6.07) is 0. The average Bonchev–Trinajstić information content (AvgIpc) is 2.88. The fourth-order valence-electron chi connectivity index (χ4n) is 5.08. The molecule has 0 spiro atoms. The molecule has 18 heavy (non-hydrogen) atoms. The van der Waals surface area contributed by atoms with E-state index in [0.29, 0.717) is 11.1 Å². The highest BCUT2D eigenvalue weighted by atomic mass is 15.4. The van der Waals surface area contributed by atoms with Gasteiger partial charge in [-0.1, -0.05) is 27.7 Å². The molecule has 3 rings (SSSR count). The largest absolute Gasteiger partial charge is 0.294 e. The second kappa shape index (κ2) is 4.21. The van der Waals surface area contributed by atoms with Gasteiger partial charge in [-0.2, -0.15) is 0 Å². The first-order chi connectivity index (χ1) is 8.51. The van der Waals surface area contributed by atoms with Crippen LogP contribution in [-0.4, -0.2) is 47.1 Å². The Morgan fingerprint density at radius 2 is 1.11 bits per heavy atom. The van der Waals surface area contributed by atoms with Crippen LogP contribution in [-0.2, 0) is 0 Å². The van der Waals surface area contributed by atoms with Gasteiger partial charge in [0, 0.05) is 24.2 Å². The standard InChI is InChI=1S/C16H30N2/c1-13(2)15-7-5-9-17(15)12-16(14(3)4)8-6-10-18(16)11-15/h13-14H,5-12H2,1-4H3/t15-,16-/m0/s1. The maximum Gasteiger partial charge on any atom is 0.0360 e. The first kappa shape index (κ1) is 12.9. The first-order valence-corrected chi connectivity index (χ1v) is 8.01. The highest BCUT2D eigenvalue weighted by Crippen LogP contribution is 2.48. The Balaban J connectivity index is 1.93. The fourth-order valence-corrected chi connectivity index (χ4v) is 5.08. The van der Waals surface area contributed by atoms with E-state index >= 15 is 0 Å². The van der Waals surface area contributed by atoms with Crippen molar-refractivity contribution in [3.8, 4) is 0 Å². The van der Waals surface area contributed by atoms with E-state index in [4.69, 9.17) is 0 Å². The minimum absolute atomic E-state index is 0.503. The van der Waals surface area contributed by atoms with E-state index in [1.807, 2.05) is 0 Å². The molecule has 3 fully saturated rings. The summed E-state index contributed by atoms with van der Waals surface area (Å²) in [5.41, 5.74) is 1.01. The maximum atomic E-state index is 2.87. The lowest BCUT2D eigenvalue weighted by Gasteiger charge is -2.58. The van der Waals surface area contributed by atoms with Gasteiger partial charge >= 0.3 is 0 Å². The molecule has 3 heterocycles. The van der Waals surface area contributed by atoms with Crippen molar-refractivity contribution in [2.24, 2.45) is 11.8 Å². The second-order valence-electron chi connectivity index (χ2n) is 7.57. The Kier molecular flexibility index (Phi) is 3.02. The maximum absolute atomic E-state index is 2.87. The molecule has 104 valence electrons. The molecule has 0 aliphatic carbocycles. The average molecular weight is 250 g/mol. The molecular weight excluding hydrogens is 220 g/mol. The molecule has 0 aromatic carbocycles. The van der Waals surface area contributed by atoms with E-state index in [-0.39, 0.29) is 0 Å². The van der Waals surface area contributed by atoms with Crippen molar-refractivity contribution in [2.75, 3.05) is 26.2 Å². The van der Waals surface area contributed by atoms with Crippen LogP contribution in [0.25, 0.3) is 0 Å². The molecule has 0 saturated carbocycles. The quantitative estimate of drug-likeness (QED) is 0.743. The number of hydrogen-bond donors (Lipinski definition) is 0. The van der Waals surface area contributed by atoms with E-state index in [2.05, 4.69) is 37.5 Å². The normalized spacial score (nSPS) is 41.7. The van der Waals surface area contributed by atoms with Crippen LogP contribution in [0.15, 0.2) is 0 Å². The van der Waals surface area contributed by atoms with Crippen LogP contribution in [0.5, 0.6) is 0 Å². The third-order valence-corrected chi connectivity index (χ3v) is 6.41. The van der Waals surface area contributed by atoms with Crippen molar-refractivity contribution in [3.05, 3.63) is 0 Å². The molecule has 0 aromatic heterocycles. The molecule has 2 heteroatoms.